The van der Waals surface area contributed by atoms with Gasteiger partial charge in [-0.1, -0.05) is 18.2 Å². The summed E-state index contributed by atoms with van der Waals surface area (Å²) in [4.78, 5) is 18.2. The third-order valence-corrected chi connectivity index (χ3v) is 4.83. The summed E-state index contributed by atoms with van der Waals surface area (Å²) in [6.45, 7) is 6.76. The first-order valence-electron chi connectivity index (χ1n) is 11.1. The molecule has 174 valence electrons. The zero-order valence-corrected chi connectivity index (χ0v) is 19.9. The van der Waals surface area contributed by atoms with Gasteiger partial charge in [0.2, 0.25) is 0 Å². The van der Waals surface area contributed by atoms with Crippen molar-refractivity contribution >= 4 is 11.9 Å². The first-order valence-corrected chi connectivity index (χ1v) is 11.1. The van der Waals surface area contributed by atoms with Gasteiger partial charge in [0.05, 0.1) is 20.3 Å². The summed E-state index contributed by atoms with van der Waals surface area (Å²) in [5.41, 5.74) is 2.95. The molecule has 2 aromatic rings. The van der Waals surface area contributed by atoms with Crippen LogP contribution in [0.3, 0.4) is 0 Å². The number of rotatable bonds is 11. The summed E-state index contributed by atoms with van der Waals surface area (Å²) in [6.07, 6.45) is 1.89. The fraction of sp³-hybridized carbons (Fsp3) is 0.440. The number of ether oxygens (including phenoxy) is 2. The van der Waals surface area contributed by atoms with Gasteiger partial charge in [0.15, 0.2) is 17.5 Å². The maximum atomic E-state index is 12.0. The van der Waals surface area contributed by atoms with Crippen LogP contribution in [0.15, 0.2) is 47.5 Å². The van der Waals surface area contributed by atoms with Crippen LogP contribution >= 0.6 is 0 Å². The molecule has 0 atom stereocenters. The van der Waals surface area contributed by atoms with Crippen LogP contribution in [0.4, 0.5) is 0 Å². The van der Waals surface area contributed by atoms with Crippen LogP contribution in [0.2, 0.25) is 0 Å². The van der Waals surface area contributed by atoms with Gasteiger partial charge in [0.1, 0.15) is 0 Å². The molecule has 0 radical (unpaired) electrons. The second-order valence-electron chi connectivity index (χ2n) is 7.54. The van der Waals surface area contributed by atoms with E-state index in [1.807, 2.05) is 50.2 Å². The second kappa shape index (κ2) is 13.2. The van der Waals surface area contributed by atoms with Gasteiger partial charge in [-0.25, -0.2) is 4.99 Å². The number of amides is 1. The molecule has 0 heterocycles. The zero-order chi connectivity index (χ0) is 23.3. The van der Waals surface area contributed by atoms with Crippen molar-refractivity contribution in [3.8, 4) is 11.5 Å². The number of aliphatic imine (C=N–C) groups is 1. The van der Waals surface area contributed by atoms with E-state index < -0.39 is 0 Å². The highest BCUT2D eigenvalue weighted by molar-refractivity contribution is 5.93. The summed E-state index contributed by atoms with van der Waals surface area (Å²) < 4.78 is 11.0. The molecule has 0 unspecified atom stereocenters. The third kappa shape index (κ3) is 7.80. The highest BCUT2D eigenvalue weighted by atomic mass is 16.5. The van der Waals surface area contributed by atoms with Crippen LogP contribution in [0.25, 0.3) is 0 Å². The molecule has 2 aromatic carbocycles. The highest BCUT2D eigenvalue weighted by Gasteiger charge is 2.08. The molecule has 2 N–H and O–H groups in total. The number of hydrogen-bond acceptors (Lipinski definition) is 4. The van der Waals surface area contributed by atoms with Crippen molar-refractivity contribution in [3.05, 3.63) is 59.2 Å². The third-order valence-electron chi connectivity index (χ3n) is 4.83. The molecule has 7 heteroatoms. The number of carbonyl (C=O) groups is 1. The Morgan fingerprint density at radius 2 is 1.72 bits per heavy atom. The topological polar surface area (TPSA) is 75.2 Å². The molecule has 0 aliphatic carbocycles. The molecular weight excluding hydrogens is 404 g/mol. The average Bonchev–Trinajstić information content (AvgIpc) is 2.80. The summed E-state index contributed by atoms with van der Waals surface area (Å²) in [5, 5.41) is 6.67. The van der Waals surface area contributed by atoms with E-state index >= 15 is 0 Å². The van der Waals surface area contributed by atoms with E-state index in [4.69, 9.17) is 9.47 Å². The van der Waals surface area contributed by atoms with Crippen molar-refractivity contribution in [3.63, 3.8) is 0 Å². The Bertz CT molecular complexity index is 879. The summed E-state index contributed by atoms with van der Waals surface area (Å²) >= 11 is 0. The van der Waals surface area contributed by atoms with Crippen LogP contribution in [-0.2, 0) is 13.0 Å². The van der Waals surface area contributed by atoms with Gasteiger partial charge in [-0.3, -0.25) is 4.79 Å². The molecule has 1 amide bonds. The minimum Gasteiger partial charge on any atom is -0.493 e. The van der Waals surface area contributed by atoms with Gasteiger partial charge >= 0.3 is 0 Å². The molecule has 0 saturated carbocycles. The molecule has 0 spiro atoms. The fourth-order valence-corrected chi connectivity index (χ4v) is 3.17. The van der Waals surface area contributed by atoms with Crippen LogP contribution < -0.4 is 20.1 Å². The lowest BCUT2D eigenvalue weighted by molar-refractivity contribution is 0.0827. The fourth-order valence-electron chi connectivity index (χ4n) is 3.17. The monoisotopic (exact) mass is 440 g/mol. The largest absolute Gasteiger partial charge is 0.493 e. The van der Waals surface area contributed by atoms with Crippen molar-refractivity contribution in [1.29, 1.82) is 0 Å². The lowest BCUT2D eigenvalue weighted by Gasteiger charge is -2.13. The Morgan fingerprint density at radius 3 is 2.34 bits per heavy atom. The predicted molar refractivity (Wildman–Crippen MR) is 130 cm³/mol. The molecule has 0 aliphatic heterocycles. The van der Waals surface area contributed by atoms with Crippen LogP contribution in [0.5, 0.6) is 11.5 Å². The summed E-state index contributed by atoms with van der Waals surface area (Å²) in [5.74, 6) is 2.33. The van der Waals surface area contributed by atoms with Gasteiger partial charge in [0, 0.05) is 32.7 Å². The van der Waals surface area contributed by atoms with E-state index in [0.717, 1.165) is 49.0 Å². The van der Waals surface area contributed by atoms with E-state index in [9.17, 15) is 4.79 Å². The number of nitrogens with zero attached hydrogens (tertiary/aromatic N) is 2. The number of benzene rings is 2. The quantitative estimate of drug-likeness (QED) is 0.318. The average molecular weight is 441 g/mol. The molecule has 0 bridgehead atoms. The molecule has 7 nitrogen and oxygen atoms in total. The molecule has 0 fully saturated rings. The normalized spacial score (nSPS) is 11.1. The van der Waals surface area contributed by atoms with Gasteiger partial charge in [0.25, 0.3) is 5.91 Å². The molecular formula is C25H36N4O3. The smallest absolute Gasteiger partial charge is 0.253 e. The molecule has 0 aliphatic rings. The van der Waals surface area contributed by atoms with Gasteiger partial charge < -0.3 is 25.0 Å². The van der Waals surface area contributed by atoms with E-state index in [1.165, 1.54) is 5.56 Å². The Balaban J connectivity index is 1.87. The minimum absolute atomic E-state index is 0.000272. The van der Waals surface area contributed by atoms with E-state index in [0.29, 0.717) is 18.7 Å². The van der Waals surface area contributed by atoms with Crippen LogP contribution in [0.1, 0.15) is 41.8 Å². The van der Waals surface area contributed by atoms with Crippen molar-refractivity contribution in [2.24, 2.45) is 4.99 Å². The van der Waals surface area contributed by atoms with Crippen molar-refractivity contribution < 1.29 is 14.3 Å². The number of nitrogens with one attached hydrogen (secondary N) is 2. The van der Waals surface area contributed by atoms with Crippen molar-refractivity contribution in [1.82, 2.24) is 15.5 Å². The second-order valence-corrected chi connectivity index (χ2v) is 7.54. The van der Waals surface area contributed by atoms with Gasteiger partial charge in [-0.05, 0) is 62.1 Å². The van der Waals surface area contributed by atoms with Crippen LogP contribution in [0, 0.1) is 0 Å². The number of hydrogen-bond donors (Lipinski definition) is 2. The molecule has 2 rings (SSSR count). The maximum absolute atomic E-state index is 12.0. The Labute approximate surface area is 191 Å². The lowest BCUT2D eigenvalue weighted by atomic mass is 10.1. The first-order chi connectivity index (χ1) is 15.5. The lowest BCUT2D eigenvalue weighted by Crippen LogP contribution is -2.37. The number of carbonyl (C=O) groups excluding carboxylic acids is 1. The Hall–Kier alpha value is -3.22. The number of aryl methyl sites for hydroxylation is 1. The highest BCUT2D eigenvalue weighted by Crippen LogP contribution is 2.28. The SMILES string of the molecule is CCNC(=NCc1ccc(C(=O)N(C)C)cc1)NCCCc1ccc(OC)c(OCC)c1. The van der Waals surface area contributed by atoms with Crippen LogP contribution in [-0.4, -0.2) is 57.7 Å². The van der Waals surface area contributed by atoms with E-state index in [1.54, 1.807) is 26.1 Å². The van der Waals surface area contributed by atoms with E-state index in [-0.39, 0.29) is 5.91 Å². The maximum Gasteiger partial charge on any atom is 0.253 e. The standard InChI is InChI=1S/C25H36N4O3/c1-6-26-25(28-18-20-10-13-21(14-11-20)24(30)29(3)4)27-16-8-9-19-12-15-22(31-5)23(17-19)32-7-2/h10-15,17H,6-9,16,18H2,1-5H3,(H2,26,27,28). The number of methoxy groups -OCH3 is 1. The molecule has 0 saturated heterocycles. The van der Waals surface area contributed by atoms with Gasteiger partial charge in [-0.15, -0.1) is 0 Å². The van der Waals surface area contributed by atoms with Crippen molar-refractivity contribution in [2.45, 2.75) is 33.2 Å². The van der Waals surface area contributed by atoms with Crippen molar-refractivity contribution in [2.75, 3.05) is 40.9 Å². The van der Waals surface area contributed by atoms with Gasteiger partial charge in [-0.2, -0.15) is 0 Å². The van der Waals surface area contributed by atoms with E-state index in [2.05, 4.69) is 21.7 Å². The summed E-state index contributed by atoms with van der Waals surface area (Å²) in [7, 11) is 5.16. The molecule has 0 aromatic heterocycles. The molecule has 32 heavy (non-hydrogen) atoms. The summed E-state index contributed by atoms with van der Waals surface area (Å²) in [6, 6.07) is 13.7. The zero-order valence-electron chi connectivity index (χ0n) is 19.9. The first kappa shape index (κ1) is 25.0. The minimum atomic E-state index is 0.000272. The predicted octanol–water partition coefficient (Wildman–Crippen LogP) is 3.48. The number of guanidine groups is 1. The Morgan fingerprint density at radius 1 is 1.00 bits per heavy atom. The Kier molecular flexibility index (Phi) is 10.4.